The first-order valence-electron chi connectivity index (χ1n) is 9.57. The van der Waals surface area contributed by atoms with Crippen LogP contribution in [0.15, 0.2) is 48.8 Å². The average molecular weight is 427 g/mol. The molecule has 1 aliphatic heterocycles. The molecule has 0 saturated carbocycles. The maximum absolute atomic E-state index is 12.7. The Morgan fingerprint density at radius 2 is 2.00 bits per heavy atom. The summed E-state index contributed by atoms with van der Waals surface area (Å²) >= 11 is 7.71. The lowest BCUT2D eigenvalue weighted by molar-refractivity contribution is -0.133. The van der Waals surface area contributed by atoms with Crippen molar-refractivity contribution in [3.63, 3.8) is 0 Å². The number of thiazole rings is 1. The minimum atomic E-state index is 0.0625. The summed E-state index contributed by atoms with van der Waals surface area (Å²) in [5.74, 6) is 0.110. The Morgan fingerprint density at radius 3 is 2.83 bits per heavy atom. The Bertz CT molecular complexity index is 1180. The minimum absolute atomic E-state index is 0.0625. The van der Waals surface area contributed by atoms with Crippen molar-refractivity contribution in [3.8, 4) is 5.19 Å². The fraction of sp³-hybridized carbons (Fsp3) is 0.286. The molecule has 0 atom stereocenters. The fourth-order valence-electron chi connectivity index (χ4n) is 3.69. The summed E-state index contributed by atoms with van der Waals surface area (Å²) in [4.78, 5) is 23.5. The SMILES string of the molecule is O=C(Cn1cnc2ccccc21)N1CCC(Oc2nc3c(Cl)cccc3s2)CC1. The minimum Gasteiger partial charge on any atom is -0.467 e. The maximum Gasteiger partial charge on any atom is 0.274 e. The number of fused-ring (bicyclic) bond motifs is 2. The van der Waals surface area contributed by atoms with E-state index in [0.29, 0.717) is 29.9 Å². The first kappa shape index (κ1) is 18.4. The highest BCUT2D eigenvalue weighted by molar-refractivity contribution is 7.20. The molecule has 0 spiro atoms. The van der Waals surface area contributed by atoms with E-state index in [1.165, 1.54) is 11.3 Å². The van der Waals surface area contributed by atoms with Crippen LogP contribution in [0, 0.1) is 0 Å². The Morgan fingerprint density at radius 1 is 1.17 bits per heavy atom. The molecule has 3 heterocycles. The number of para-hydroxylation sites is 3. The number of piperidine rings is 1. The van der Waals surface area contributed by atoms with Gasteiger partial charge >= 0.3 is 0 Å². The molecule has 8 heteroatoms. The van der Waals surface area contributed by atoms with Crippen LogP contribution in [-0.4, -0.2) is 44.5 Å². The van der Waals surface area contributed by atoms with Gasteiger partial charge < -0.3 is 14.2 Å². The zero-order chi connectivity index (χ0) is 19.8. The molecule has 2 aromatic carbocycles. The summed E-state index contributed by atoms with van der Waals surface area (Å²) < 4.78 is 9.01. The Kier molecular flexibility index (Phi) is 4.85. The first-order chi connectivity index (χ1) is 14.2. The summed E-state index contributed by atoms with van der Waals surface area (Å²) in [6.45, 7) is 1.67. The van der Waals surface area contributed by atoms with Crippen molar-refractivity contribution >= 4 is 50.1 Å². The Hall–Kier alpha value is -2.64. The van der Waals surface area contributed by atoms with E-state index in [9.17, 15) is 4.79 Å². The Labute approximate surface area is 176 Å². The molecule has 4 aromatic rings. The topological polar surface area (TPSA) is 60.2 Å². The van der Waals surface area contributed by atoms with Crippen LogP contribution in [0.4, 0.5) is 0 Å². The summed E-state index contributed by atoms with van der Waals surface area (Å²) in [7, 11) is 0. The average Bonchev–Trinajstić information content (AvgIpc) is 3.33. The van der Waals surface area contributed by atoms with Gasteiger partial charge in [-0.3, -0.25) is 4.79 Å². The van der Waals surface area contributed by atoms with Crippen molar-refractivity contribution in [2.45, 2.75) is 25.5 Å². The van der Waals surface area contributed by atoms with E-state index in [-0.39, 0.29) is 12.0 Å². The molecule has 1 fully saturated rings. The van der Waals surface area contributed by atoms with Gasteiger partial charge in [0.1, 0.15) is 18.2 Å². The summed E-state index contributed by atoms with van der Waals surface area (Å²) in [5, 5.41) is 1.28. The van der Waals surface area contributed by atoms with Crippen molar-refractivity contribution in [1.29, 1.82) is 0 Å². The molecule has 148 valence electrons. The van der Waals surface area contributed by atoms with Gasteiger partial charge in [-0.15, -0.1) is 0 Å². The molecular weight excluding hydrogens is 408 g/mol. The van der Waals surface area contributed by atoms with Gasteiger partial charge in [0.25, 0.3) is 5.19 Å². The predicted molar refractivity (Wildman–Crippen MR) is 115 cm³/mol. The van der Waals surface area contributed by atoms with E-state index in [2.05, 4.69) is 9.97 Å². The number of carbonyl (C=O) groups excluding carboxylic acids is 1. The molecule has 0 aliphatic carbocycles. The van der Waals surface area contributed by atoms with Gasteiger partial charge in [0.2, 0.25) is 5.91 Å². The third-order valence-electron chi connectivity index (χ3n) is 5.25. The van der Waals surface area contributed by atoms with E-state index in [0.717, 1.165) is 34.1 Å². The number of rotatable bonds is 4. The molecule has 1 amide bonds. The van der Waals surface area contributed by atoms with Crippen molar-refractivity contribution in [2.75, 3.05) is 13.1 Å². The highest BCUT2D eigenvalue weighted by atomic mass is 35.5. The summed E-state index contributed by atoms with van der Waals surface area (Å²) in [6.07, 6.45) is 3.38. The van der Waals surface area contributed by atoms with Crippen LogP contribution in [0.3, 0.4) is 0 Å². The number of likely N-dealkylation sites (tertiary alicyclic amines) is 1. The smallest absolute Gasteiger partial charge is 0.274 e. The lowest BCUT2D eigenvalue weighted by Gasteiger charge is -2.31. The fourth-order valence-corrected chi connectivity index (χ4v) is 4.87. The number of halogens is 1. The van der Waals surface area contributed by atoms with E-state index in [1.54, 1.807) is 6.33 Å². The zero-order valence-corrected chi connectivity index (χ0v) is 17.2. The van der Waals surface area contributed by atoms with Crippen molar-refractivity contribution < 1.29 is 9.53 Å². The van der Waals surface area contributed by atoms with Crippen LogP contribution in [0.2, 0.25) is 5.02 Å². The van der Waals surface area contributed by atoms with Crippen LogP contribution in [0.5, 0.6) is 5.19 Å². The number of aromatic nitrogens is 3. The molecule has 1 saturated heterocycles. The Balaban J connectivity index is 1.19. The second kappa shape index (κ2) is 7.65. The first-order valence-corrected chi connectivity index (χ1v) is 10.8. The van der Waals surface area contributed by atoms with E-state index < -0.39 is 0 Å². The second-order valence-corrected chi connectivity index (χ2v) is 8.53. The number of benzene rings is 2. The number of hydrogen-bond donors (Lipinski definition) is 0. The second-order valence-electron chi connectivity index (χ2n) is 7.13. The molecule has 2 aromatic heterocycles. The van der Waals surface area contributed by atoms with Crippen LogP contribution >= 0.6 is 22.9 Å². The van der Waals surface area contributed by atoms with E-state index in [1.807, 2.05) is 51.9 Å². The van der Waals surface area contributed by atoms with Gasteiger partial charge in [-0.25, -0.2) is 9.97 Å². The van der Waals surface area contributed by atoms with Gasteiger partial charge in [-0.2, -0.15) is 0 Å². The number of imidazole rings is 1. The summed E-state index contributed by atoms with van der Waals surface area (Å²) in [5.41, 5.74) is 2.67. The number of hydrogen-bond acceptors (Lipinski definition) is 5. The zero-order valence-electron chi connectivity index (χ0n) is 15.6. The maximum atomic E-state index is 12.7. The standard InChI is InChI=1S/C21H19ClN4O2S/c22-15-4-3-7-18-20(15)24-21(29-18)28-14-8-10-25(11-9-14)19(27)12-26-13-23-16-5-1-2-6-17(16)26/h1-7,13-14H,8-12H2. The predicted octanol–water partition coefficient (Wildman–Crippen LogP) is 4.37. The monoisotopic (exact) mass is 426 g/mol. The normalized spacial score (nSPS) is 15.3. The molecule has 5 rings (SSSR count). The van der Waals surface area contributed by atoms with Gasteiger partial charge in [-0.1, -0.05) is 41.1 Å². The van der Waals surface area contributed by atoms with Crippen molar-refractivity contribution in [1.82, 2.24) is 19.4 Å². The number of ether oxygens (including phenoxy) is 1. The third kappa shape index (κ3) is 3.68. The number of nitrogens with zero attached hydrogens (tertiary/aromatic N) is 4. The van der Waals surface area contributed by atoms with Gasteiger partial charge in [0, 0.05) is 25.9 Å². The van der Waals surface area contributed by atoms with Crippen LogP contribution in [-0.2, 0) is 11.3 Å². The van der Waals surface area contributed by atoms with Crippen LogP contribution < -0.4 is 4.74 Å². The van der Waals surface area contributed by atoms with E-state index >= 15 is 0 Å². The molecule has 0 radical (unpaired) electrons. The van der Waals surface area contributed by atoms with Crippen LogP contribution in [0.25, 0.3) is 21.3 Å². The van der Waals surface area contributed by atoms with Gasteiger partial charge in [0.05, 0.1) is 27.1 Å². The van der Waals surface area contributed by atoms with E-state index in [4.69, 9.17) is 16.3 Å². The molecule has 29 heavy (non-hydrogen) atoms. The highest BCUT2D eigenvalue weighted by Gasteiger charge is 2.25. The largest absolute Gasteiger partial charge is 0.467 e. The molecule has 1 aliphatic rings. The lowest BCUT2D eigenvalue weighted by atomic mass is 10.1. The summed E-state index contributed by atoms with van der Waals surface area (Å²) in [6, 6.07) is 13.6. The third-order valence-corrected chi connectivity index (χ3v) is 6.46. The van der Waals surface area contributed by atoms with Crippen molar-refractivity contribution in [3.05, 3.63) is 53.8 Å². The lowest BCUT2D eigenvalue weighted by Crippen LogP contribution is -2.43. The molecule has 6 nitrogen and oxygen atoms in total. The number of carbonyl (C=O) groups is 1. The van der Waals surface area contributed by atoms with Crippen LogP contribution in [0.1, 0.15) is 12.8 Å². The van der Waals surface area contributed by atoms with Gasteiger partial charge in [-0.05, 0) is 24.3 Å². The van der Waals surface area contributed by atoms with Gasteiger partial charge in [0.15, 0.2) is 0 Å². The molecular formula is C21H19ClN4O2S. The molecule has 0 bridgehead atoms. The molecule has 0 N–H and O–H groups in total. The quantitative estimate of drug-likeness (QED) is 0.486. The van der Waals surface area contributed by atoms with Crippen molar-refractivity contribution in [2.24, 2.45) is 0 Å². The highest BCUT2D eigenvalue weighted by Crippen LogP contribution is 2.33. The molecule has 0 unspecified atom stereocenters. The number of amides is 1.